The molecule has 1 fully saturated rings. The lowest BCUT2D eigenvalue weighted by Gasteiger charge is -2.26. The van der Waals surface area contributed by atoms with Gasteiger partial charge in [-0.15, -0.1) is 0 Å². The Balaban J connectivity index is 1.59. The number of nitrogens with one attached hydrogen (secondary N) is 2. The molecule has 2 N–H and O–H groups in total. The second kappa shape index (κ2) is 9.02. The van der Waals surface area contributed by atoms with E-state index in [1.165, 1.54) is 12.4 Å². The number of anilines is 1. The van der Waals surface area contributed by atoms with Crippen LogP contribution in [0.5, 0.6) is 0 Å². The van der Waals surface area contributed by atoms with Crippen LogP contribution in [-0.2, 0) is 4.74 Å². The maximum atomic E-state index is 12.4. The topological polar surface area (TPSA) is 96.5 Å². The predicted molar refractivity (Wildman–Crippen MR) is 96.0 cm³/mol. The molecule has 1 aromatic carbocycles. The normalized spacial score (nSPS) is 14.6. The lowest BCUT2D eigenvalue weighted by Crippen LogP contribution is -2.41. The third kappa shape index (κ3) is 4.84. The molecule has 1 aliphatic heterocycles. The van der Waals surface area contributed by atoms with E-state index in [-0.39, 0.29) is 23.3 Å². The Bertz CT molecular complexity index is 748. The van der Waals surface area contributed by atoms with E-state index in [4.69, 9.17) is 4.74 Å². The molecule has 0 radical (unpaired) electrons. The second-order valence-electron chi connectivity index (χ2n) is 5.78. The summed E-state index contributed by atoms with van der Waals surface area (Å²) in [7, 11) is 0. The van der Waals surface area contributed by atoms with Crippen molar-refractivity contribution in [3.63, 3.8) is 0 Å². The zero-order valence-corrected chi connectivity index (χ0v) is 14.4. The number of amides is 2. The number of morpholine rings is 1. The summed E-state index contributed by atoms with van der Waals surface area (Å²) < 4.78 is 5.30. The van der Waals surface area contributed by atoms with E-state index in [2.05, 4.69) is 25.5 Å². The smallest absolute Gasteiger partial charge is 0.273 e. The number of benzene rings is 1. The van der Waals surface area contributed by atoms with Gasteiger partial charge in [-0.3, -0.25) is 14.5 Å². The van der Waals surface area contributed by atoms with Gasteiger partial charge in [-0.1, -0.05) is 18.2 Å². The lowest BCUT2D eigenvalue weighted by molar-refractivity contribution is 0.0383. The largest absolute Gasteiger partial charge is 0.379 e. The molecular weight excluding hydrogens is 334 g/mol. The molecule has 2 aromatic rings. The van der Waals surface area contributed by atoms with Crippen molar-refractivity contribution in [3.8, 4) is 0 Å². The Morgan fingerprint density at radius 2 is 1.77 bits per heavy atom. The van der Waals surface area contributed by atoms with Crippen molar-refractivity contribution in [1.82, 2.24) is 20.2 Å². The van der Waals surface area contributed by atoms with Crippen molar-refractivity contribution in [2.75, 3.05) is 44.7 Å². The summed E-state index contributed by atoms with van der Waals surface area (Å²) in [6, 6.07) is 8.74. The van der Waals surface area contributed by atoms with Crippen LogP contribution in [0.4, 0.5) is 5.82 Å². The maximum absolute atomic E-state index is 12.4. The molecule has 1 aromatic heterocycles. The number of carbonyl (C=O) groups is 2. The highest BCUT2D eigenvalue weighted by Gasteiger charge is 2.17. The molecule has 0 spiro atoms. The van der Waals surface area contributed by atoms with Gasteiger partial charge in [0.1, 0.15) is 0 Å². The molecule has 8 nitrogen and oxygen atoms in total. The summed E-state index contributed by atoms with van der Waals surface area (Å²) in [6.45, 7) is 4.38. The zero-order valence-electron chi connectivity index (χ0n) is 14.4. The van der Waals surface area contributed by atoms with Gasteiger partial charge in [-0.05, 0) is 12.1 Å². The van der Waals surface area contributed by atoms with Crippen LogP contribution in [0, 0.1) is 0 Å². The van der Waals surface area contributed by atoms with E-state index >= 15 is 0 Å². The molecule has 136 valence electrons. The monoisotopic (exact) mass is 355 g/mol. The van der Waals surface area contributed by atoms with Gasteiger partial charge in [0, 0.05) is 44.1 Å². The van der Waals surface area contributed by atoms with Crippen molar-refractivity contribution < 1.29 is 14.3 Å². The van der Waals surface area contributed by atoms with E-state index in [9.17, 15) is 9.59 Å². The minimum atomic E-state index is -0.366. The molecule has 2 amide bonds. The van der Waals surface area contributed by atoms with Crippen LogP contribution in [0.15, 0.2) is 42.7 Å². The van der Waals surface area contributed by atoms with Gasteiger partial charge in [0.05, 0.1) is 13.2 Å². The van der Waals surface area contributed by atoms with Crippen molar-refractivity contribution in [2.24, 2.45) is 0 Å². The fraction of sp³-hybridized carbons (Fsp3) is 0.333. The third-order valence-electron chi connectivity index (χ3n) is 4.00. The molecule has 0 atom stereocenters. The molecule has 26 heavy (non-hydrogen) atoms. The van der Waals surface area contributed by atoms with Crippen LogP contribution in [-0.4, -0.2) is 66.1 Å². The first-order valence-electron chi connectivity index (χ1n) is 8.50. The minimum absolute atomic E-state index is 0.0961. The average Bonchev–Trinajstić information content (AvgIpc) is 2.70. The Morgan fingerprint density at radius 1 is 1.04 bits per heavy atom. The van der Waals surface area contributed by atoms with Gasteiger partial charge in [-0.25, -0.2) is 9.97 Å². The van der Waals surface area contributed by atoms with Gasteiger partial charge in [-0.2, -0.15) is 0 Å². The van der Waals surface area contributed by atoms with Gasteiger partial charge >= 0.3 is 0 Å². The summed E-state index contributed by atoms with van der Waals surface area (Å²) in [5.41, 5.74) is 0.579. The number of rotatable bonds is 6. The Hall–Kier alpha value is -2.84. The quantitative estimate of drug-likeness (QED) is 0.795. The Morgan fingerprint density at radius 3 is 2.54 bits per heavy atom. The number of carbonyl (C=O) groups excluding carboxylic acids is 2. The summed E-state index contributed by atoms with van der Waals surface area (Å²) in [5.74, 6) is -0.562. The van der Waals surface area contributed by atoms with Gasteiger partial charge in [0.15, 0.2) is 11.5 Å². The summed E-state index contributed by atoms with van der Waals surface area (Å²) >= 11 is 0. The first-order chi connectivity index (χ1) is 12.7. The molecule has 0 aliphatic carbocycles. The summed E-state index contributed by atoms with van der Waals surface area (Å²) in [6.07, 6.45) is 2.86. The van der Waals surface area contributed by atoms with Crippen LogP contribution in [0.3, 0.4) is 0 Å². The van der Waals surface area contributed by atoms with Crippen LogP contribution in [0.2, 0.25) is 0 Å². The Labute approximate surface area is 151 Å². The van der Waals surface area contributed by atoms with Crippen LogP contribution in [0.1, 0.15) is 20.8 Å². The Kier molecular flexibility index (Phi) is 6.24. The van der Waals surface area contributed by atoms with Crippen LogP contribution in [0.25, 0.3) is 0 Å². The van der Waals surface area contributed by atoms with Crippen molar-refractivity contribution in [3.05, 3.63) is 54.0 Å². The van der Waals surface area contributed by atoms with E-state index < -0.39 is 0 Å². The van der Waals surface area contributed by atoms with E-state index in [1.54, 1.807) is 24.3 Å². The zero-order chi connectivity index (χ0) is 18.2. The number of nitrogens with zero attached hydrogens (tertiary/aromatic N) is 3. The molecular formula is C18H21N5O3. The lowest BCUT2D eigenvalue weighted by atomic mass is 10.2. The highest BCUT2D eigenvalue weighted by atomic mass is 16.5. The molecule has 0 bridgehead atoms. The molecule has 0 unspecified atom stereocenters. The highest BCUT2D eigenvalue weighted by molar-refractivity contribution is 6.07. The van der Waals surface area contributed by atoms with E-state index in [1.807, 2.05) is 6.07 Å². The van der Waals surface area contributed by atoms with Crippen molar-refractivity contribution in [2.45, 2.75) is 0 Å². The molecule has 1 saturated heterocycles. The number of aromatic nitrogens is 2. The van der Waals surface area contributed by atoms with E-state index in [0.29, 0.717) is 25.3 Å². The predicted octanol–water partition coefficient (Wildman–Crippen LogP) is 0.791. The van der Waals surface area contributed by atoms with Gasteiger partial charge in [0.25, 0.3) is 11.8 Å². The van der Waals surface area contributed by atoms with Crippen molar-refractivity contribution in [1.29, 1.82) is 0 Å². The number of ether oxygens (including phenoxy) is 1. The highest BCUT2D eigenvalue weighted by Crippen LogP contribution is 2.10. The van der Waals surface area contributed by atoms with Gasteiger partial charge < -0.3 is 15.4 Å². The third-order valence-corrected chi connectivity index (χ3v) is 4.00. The summed E-state index contributed by atoms with van der Waals surface area (Å²) in [4.78, 5) is 35.1. The molecule has 2 heterocycles. The average molecular weight is 355 g/mol. The fourth-order valence-electron chi connectivity index (χ4n) is 2.60. The molecule has 1 aliphatic rings. The maximum Gasteiger partial charge on any atom is 0.273 e. The van der Waals surface area contributed by atoms with Crippen LogP contribution >= 0.6 is 0 Å². The molecule has 0 saturated carbocycles. The number of hydrogen-bond donors (Lipinski definition) is 2. The number of hydrogen-bond acceptors (Lipinski definition) is 6. The van der Waals surface area contributed by atoms with Gasteiger partial charge in [0.2, 0.25) is 0 Å². The second-order valence-corrected chi connectivity index (χ2v) is 5.78. The van der Waals surface area contributed by atoms with Crippen molar-refractivity contribution >= 4 is 17.6 Å². The molecule has 3 rings (SSSR count). The van der Waals surface area contributed by atoms with Crippen LogP contribution < -0.4 is 10.6 Å². The standard InChI is InChI=1S/C18H21N5O3/c24-17(14-4-2-1-3-5-14)22-16-15(19-6-7-20-16)18(25)21-8-9-23-10-12-26-13-11-23/h1-7H,8-13H2,(H,21,25)(H,20,22,24). The first kappa shape index (κ1) is 18.0. The summed E-state index contributed by atoms with van der Waals surface area (Å²) in [5, 5.41) is 5.47. The van der Waals surface area contributed by atoms with E-state index in [0.717, 1.165) is 19.6 Å². The fourth-order valence-corrected chi connectivity index (χ4v) is 2.60. The SMILES string of the molecule is O=C(Nc1nccnc1C(=O)NCCN1CCOCC1)c1ccccc1. The molecule has 8 heteroatoms. The minimum Gasteiger partial charge on any atom is -0.379 e. The first-order valence-corrected chi connectivity index (χ1v) is 8.50.